The molecule has 3 atom stereocenters. The zero-order chi connectivity index (χ0) is 25.7. The third-order valence-electron chi connectivity index (χ3n) is 6.14. The van der Waals surface area contributed by atoms with Crippen molar-refractivity contribution >= 4 is 34.5 Å². The number of nitrogens with one attached hydrogen (secondary N) is 2. The second-order valence-electron chi connectivity index (χ2n) is 8.73. The molecule has 2 aliphatic rings. The van der Waals surface area contributed by atoms with Gasteiger partial charge in [0, 0.05) is 18.7 Å². The minimum absolute atomic E-state index is 0.0312. The topological polar surface area (TPSA) is 134 Å². The summed E-state index contributed by atoms with van der Waals surface area (Å²) >= 11 is 0. The number of nitrogens with zero attached hydrogens (tertiary/aromatic N) is 1. The Hall–Kier alpha value is -3.76. The van der Waals surface area contributed by atoms with E-state index < -0.39 is 42.1 Å². The third-order valence-corrected chi connectivity index (χ3v) is 6.14. The Morgan fingerprint density at radius 1 is 1.14 bits per heavy atom. The Morgan fingerprint density at radius 2 is 1.92 bits per heavy atom. The molecule has 0 saturated carbocycles. The highest BCUT2D eigenvalue weighted by atomic mass is 16.7. The zero-order valence-corrected chi connectivity index (χ0v) is 19.9. The second-order valence-corrected chi connectivity index (χ2v) is 8.73. The fourth-order valence-electron chi connectivity index (χ4n) is 4.33. The normalized spacial score (nSPS) is 22.1. The molecule has 3 amide bonds. The summed E-state index contributed by atoms with van der Waals surface area (Å²) in [7, 11) is 0. The molecule has 4 rings (SSSR count). The van der Waals surface area contributed by atoms with E-state index in [2.05, 4.69) is 10.6 Å². The number of amides is 3. The van der Waals surface area contributed by atoms with E-state index in [4.69, 9.17) is 9.47 Å². The first-order valence-corrected chi connectivity index (χ1v) is 11.9. The molecule has 0 aliphatic carbocycles. The SMILES string of the molecule is CCOC1OC(=O)CC1NC(=O)CN1CC(CO)=CCC(NC(=O)c2ccc3ccccc3c2)C1=O. The summed E-state index contributed by atoms with van der Waals surface area (Å²) in [5.41, 5.74) is 0.972. The van der Waals surface area contributed by atoms with Gasteiger partial charge in [0.05, 0.1) is 19.6 Å². The molecule has 2 aromatic carbocycles. The summed E-state index contributed by atoms with van der Waals surface area (Å²) in [4.78, 5) is 51.9. The van der Waals surface area contributed by atoms with Crippen molar-refractivity contribution < 1.29 is 33.8 Å². The molecule has 36 heavy (non-hydrogen) atoms. The summed E-state index contributed by atoms with van der Waals surface area (Å²) < 4.78 is 10.4. The maximum Gasteiger partial charge on any atom is 0.310 e. The zero-order valence-electron chi connectivity index (χ0n) is 19.9. The van der Waals surface area contributed by atoms with Gasteiger partial charge in [-0.05, 0) is 41.8 Å². The van der Waals surface area contributed by atoms with Crippen LogP contribution in [0.1, 0.15) is 30.1 Å². The molecule has 2 aliphatic heterocycles. The fraction of sp³-hybridized carbons (Fsp3) is 0.385. The quantitative estimate of drug-likeness (QED) is 0.366. The molecule has 10 heteroatoms. The first-order chi connectivity index (χ1) is 17.4. The summed E-state index contributed by atoms with van der Waals surface area (Å²) in [6, 6.07) is 11.4. The lowest BCUT2D eigenvalue weighted by Gasteiger charge is -2.26. The predicted octanol–water partition coefficient (Wildman–Crippen LogP) is 0.884. The van der Waals surface area contributed by atoms with Gasteiger partial charge in [-0.2, -0.15) is 0 Å². The van der Waals surface area contributed by atoms with Gasteiger partial charge in [0.2, 0.25) is 18.1 Å². The Balaban J connectivity index is 1.44. The van der Waals surface area contributed by atoms with Crippen LogP contribution in [-0.2, 0) is 23.9 Å². The number of cyclic esters (lactones) is 1. The Bertz CT molecular complexity index is 1200. The highest BCUT2D eigenvalue weighted by Gasteiger charge is 2.37. The van der Waals surface area contributed by atoms with Gasteiger partial charge in [0.25, 0.3) is 5.91 Å². The number of hydrogen-bond acceptors (Lipinski definition) is 7. The van der Waals surface area contributed by atoms with Crippen LogP contribution in [0, 0.1) is 0 Å². The lowest BCUT2D eigenvalue weighted by Crippen LogP contribution is -2.52. The first-order valence-electron chi connectivity index (χ1n) is 11.9. The third kappa shape index (κ3) is 5.89. The molecule has 10 nitrogen and oxygen atoms in total. The highest BCUT2D eigenvalue weighted by Crippen LogP contribution is 2.18. The molecular weight excluding hydrogens is 466 g/mol. The van der Waals surface area contributed by atoms with Gasteiger partial charge in [0.15, 0.2) is 0 Å². The summed E-state index contributed by atoms with van der Waals surface area (Å²) in [5.74, 6) is -1.84. The second kappa shape index (κ2) is 11.3. The van der Waals surface area contributed by atoms with E-state index in [1.165, 1.54) is 4.90 Å². The van der Waals surface area contributed by atoms with Gasteiger partial charge >= 0.3 is 5.97 Å². The Kier molecular flexibility index (Phi) is 7.97. The number of carbonyl (C=O) groups excluding carboxylic acids is 4. The van der Waals surface area contributed by atoms with Crippen LogP contribution in [-0.4, -0.2) is 78.4 Å². The van der Waals surface area contributed by atoms with Gasteiger partial charge < -0.3 is 30.1 Å². The van der Waals surface area contributed by atoms with Crippen molar-refractivity contribution in [3.63, 3.8) is 0 Å². The Morgan fingerprint density at radius 3 is 2.67 bits per heavy atom. The Labute approximate surface area is 208 Å². The number of ether oxygens (including phenoxy) is 2. The van der Waals surface area contributed by atoms with Gasteiger partial charge in [0.1, 0.15) is 12.1 Å². The van der Waals surface area contributed by atoms with Crippen molar-refractivity contribution in [2.75, 3.05) is 26.3 Å². The number of benzene rings is 2. The number of aliphatic hydroxyl groups is 1. The maximum atomic E-state index is 13.3. The van der Waals surface area contributed by atoms with Crippen LogP contribution in [0.3, 0.4) is 0 Å². The average molecular weight is 496 g/mol. The number of fused-ring (bicyclic) bond motifs is 1. The summed E-state index contributed by atoms with van der Waals surface area (Å²) in [5, 5.41) is 17.0. The molecule has 2 aromatic rings. The fourth-order valence-corrected chi connectivity index (χ4v) is 4.33. The number of rotatable bonds is 8. The molecule has 190 valence electrons. The highest BCUT2D eigenvalue weighted by molar-refractivity contribution is 6.01. The molecule has 1 saturated heterocycles. The standard InChI is InChI=1S/C26H29N3O7/c1-2-35-26-21(12-23(32)36-26)27-22(31)14-29-13-16(15-30)7-10-20(25(29)34)28-24(33)19-9-8-17-5-3-4-6-18(17)11-19/h3-9,11,20-21,26,30H,2,10,12-15H2,1H3,(H,27,31)(H,28,33). The molecule has 2 heterocycles. The van der Waals surface area contributed by atoms with Gasteiger partial charge in [-0.3, -0.25) is 19.2 Å². The molecule has 0 aromatic heterocycles. The molecule has 3 N–H and O–H groups in total. The smallest absolute Gasteiger partial charge is 0.310 e. The van der Waals surface area contributed by atoms with E-state index in [1.807, 2.05) is 30.3 Å². The maximum absolute atomic E-state index is 13.3. The van der Waals surface area contributed by atoms with Crippen molar-refractivity contribution in [3.8, 4) is 0 Å². The summed E-state index contributed by atoms with van der Waals surface area (Å²) in [6.07, 6.45) is 0.976. The van der Waals surface area contributed by atoms with Crippen LogP contribution < -0.4 is 10.6 Å². The van der Waals surface area contributed by atoms with Crippen LogP contribution in [0.5, 0.6) is 0 Å². The molecular formula is C26H29N3O7. The monoisotopic (exact) mass is 495 g/mol. The minimum Gasteiger partial charge on any atom is -0.433 e. The van der Waals surface area contributed by atoms with Crippen LogP contribution in [0.15, 0.2) is 54.1 Å². The van der Waals surface area contributed by atoms with E-state index in [1.54, 1.807) is 25.1 Å². The lowest BCUT2D eigenvalue weighted by atomic mass is 10.1. The van der Waals surface area contributed by atoms with E-state index in [-0.39, 0.29) is 32.5 Å². The number of carbonyl (C=O) groups is 4. The molecule has 3 unspecified atom stereocenters. The van der Waals surface area contributed by atoms with Crippen molar-refractivity contribution in [2.45, 2.75) is 38.1 Å². The molecule has 0 bridgehead atoms. The number of aliphatic hydroxyl groups excluding tert-OH is 1. The van der Waals surface area contributed by atoms with Crippen LogP contribution in [0.25, 0.3) is 10.8 Å². The minimum atomic E-state index is -0.909. The average Bonchev–Trinajstić information content (AvgIpc) is 3.14. The van der Waals surface area contributed by atoms with Crippen molar-refractivity contribution in [1.82, 2.24) is 15.5 Å². The van der Waals surface area contributed by atoms with Crippen LogP contribution in [0.2, 0.25) is 0 Å². The molecule has 0 spiro atoms. The van der Waals surface area contributed by atoms with E-state index in [0.717, 1.165) is 10.8 Å². The van der Waals surface area contributed by atoms with E-state index in [0.29, 0.717) is 17.7 Å². The molecule has 1 fully saturated rings. The largest absolute Gasteiger partial charge is 0.433 e. The number of esters is 1. The van der Waals surface area contributed by atoms with Gasteiger partial charge in [-0.15, -0.1) is 0 Å². The van der Waals surface area contributed by atoms with E-state index in [9.17, 15) is 24.3 Å². The van der Waals surface area contributed by atoms with Gasteiger partial charge in [-0.25, -0.2) is 0 Å². The number of hydrogen-bond donors (Lipinski definition) is 3. The van der Waals surface area contributed by atoms with Crippen molar-refractivity contribution in [1.29, 1.82) is 0 Å². The van der Waals surface area contributed by atoms with Crippen LogP contribution >= 0.6 is 0 Å². The van der Waals surface area contributed by atoms with Gasteiger partial charge in [-0.1, -0.05) is 36.4 Å². The predicted molar refractivity (Wildman–Crippen MR) is 130 cm³/mol. The summed E-state index contributed by atoms with van der Waals surface area (Å²) in [6.45, 7) is 1.49. The van der Waals surface area contributed by atoms with Crippen molar-refractivity contribution in [3.05, 3.63) is 59.7 Å². The van der Waals surface area contributed by atoms with Crippen LogP contribution in [0.4, 0.5) is 0 Å². The van der Waals surface area contributed by atoms with E-state index >= 15 is 0 Å². The first kappa shape index (κ1) is 25.3. The lowest BCUT2D eigenvalue weighted by molar-refractivity contribution is -0.164. The molecule has 0 radical (unpaired) electrons. The van der Waals surface area contributed by atoms with Crippen molar-refractivity contribution in [2.24, 2.45) is 0 Å².